The fourth-order valence-electron chi connectivity index (χ4n) is 2.01. The van der Waals surface area contributed by atoms with Crippen molar-refractivity contribution in [2.24, 2.45) is 0 Å². The molecule has 76 valence electrons. The third-order valence-corrected chi connectivity index (χ3v) is 3.69. The Hall–Kier alpha value is -0.870. The normalized spacial score (nSPS) is 24.7. The number of hydrogen-bond donors (Lipinski definition) is 2. The van der Waals surface area contributed by atoms with Crippen LogP contribution >= 0.6 is 11.3 Å². The fourth-order valence-corrected chi connectivity index (χ4v) is 3.08. The first kappa shape index (κ1) is 9.68. The van der Waals surface area contributed by atoms with Gasteiger partial charge in [0.1, 0.15) is 0 Å². The summed E-state index contributed by atoms with van der Waals surface area (Å²) in [5.41, 5.74) is 1.18. The maximum absolute atomic E-state index is 11.0. The molecule has 0 aliphatic heterocycles. The molecule has 2 atom stereocenters. The van der Waals surface area contributed by atoms with Crippen LogP contribution in [0.2, 0.25) is 0 Å². The monoisotopic (exact) mass is 211 g/mol. The van der Waals surface area contributed by atoms with Gasteiger partial charge in [-0.05, 0) is 23.4 Å². The van der Waals surface area contributed by atoms with Gasteiger partial charge in [-0.25, -0.2) is 0 Å². The molecule has 2 rings (SSSR count). The van der Waals surface area contributed by atoms with Crippen LogP contribution < -0.4 is 5.32 Å². The molecular formula is C10H13NO2S. The first-order valence-electron chi connectivity index (χ1n) is 4.67. The molecule has 2 N–H and O–H groups in total. The van der Waals surface area contributed by atoms with Crippen molar-refractivity contribution in [1.82, 2.24) is 5.32 Å². The number of hydrogen-bond acceptors (Lipinski definition) is 3. The number of aliphatic hydroxyl groups excluding tert-OH is 1. The van der Waals surface area contributed by atoms with E-state index in [-0.39, 0.29) is 24.5 Å². The van der Waals surface area contributed by atoms with E-state index in [1.165, 1.54) is 17.4 Å². The summed E-state index contributed by atoms with van der Waals surface area (Å²) < 4.78 is 0. The molecule has 3 nitrogen and oxygen atoms in total. The predicted molar refractivity (Wildman–Crippen MR) is 55.3 cm³/mol. The highest BCUT2D eigenvalue weighted by molar-refractivity contribution is 7.10. The molecular weight excluding hydrogens is 198 g/mol. The van der Waals surface area contributed by atoms with E-state index < -0.39 is 0 Å². The van der Waals surface area contributed by atoms with Crippen molar-refractivity contribution in [2.45, 2.75) is 25.3 Å². The van der Waals surface area contributed by atoms with Crippen molar-refractivity contribution in [3.8, 4) is 0 Å². The van der Waals surface area contributed by atoms with E-state index in [2.05, 4.69) is 5.32 Å². The topological polar surface area (TPSA) is 49.3 Å². The highest BCUT2D eigenvalue weighted by Gasteiger charge is 2.31. The quantitative estimate of drug-likeness (QED) is 0.777. The number of carbonyl (C=O) groups excluding carboxylic acids is 1. The Morgan fingerprint density at radius 1 is 1.79 bits per heavy atom. The highest BCUT2D eigenvalue weighted by Crippen LogP contribution is 2.43. The standard InChI is InChI=1S/C10H13NO2S/c1-6(13)11-9-4-7(5-12)10-8(9)2-3-14-10/h2-3,7,9,12H,4-5H2,1H3,(H,11,13)/t7-,9-/m1/s1. The van der Waals surface area contributed by atoms with Crippen LogP contribution in [0.5, 0.6) is 0 Å². The summed E-state index contributed by atoms with van der Waals surface area (Å²) in [5, 5.41) is 14.1. The first-order chi connectivity index (χ1) is 6.72. The third-order valence-electron chi connectivity index (χ3n) is 2.59. The Bertz CT molecular complexity index is 348. The first-order valence-corrected chi connectivity index (χ1v) is 5.55. The van der Waals surface area contributed by atoms with Gasteiger partial charge in [-0.1, -0.05) is 0 Å². The number of nitrogens with one attached hydrogen (secondary N) is 1. The van der Waals surface area contributed by atoms with Crippen LogP contribution in [0.4, 0.5) is 0 Å². The lowest BCUT2D eigenvalue weighted by Crippen LogP contribution is -2.24. The molecule has 1 aliphatic carbocycles. The third kappa shape index (κ3) is 1.55. The Balaban J connectivity index is 2.21. The van der Waals surface area contributed by atoms with Crippen molar-refractivity contribution in [2.75, 3.05) is 6.61 Å². The van der Waals surface area contributed by atoms with Gasteiger partial charge >= 0.3 is 0 Å². The van der Waals surface area contributed by atoms with Gasteiger partial charge in [0.15, 0.2) is 0 Å². The molecule has 1 aromatic heterocycles. The van der Waals surface area contributed by atoms with Crippen LogP contribution in [0.15, 0.2) is 11.4 Å². The number of rotatable bonds is 2. The second-order valence-electron chi connectivity index (χ2n) is 3.61. The van der Waals surface area contributed by atoms with Gasteiger partial charge in [-0.2, -0.15) is 0 Å². The van der Waals surface area contributed by atoms with Gasteiger partial charge in [-0.15, -0.1) is 11.3 Å². The van der Waals surface area contributed by atoms with E-state index in [0.717, 1.165) is 6.42 Å². The van der Waals surface area contributed by atoms with Gasteiger partial charge in [0.05, 0.1) is 12.6 Å². The van der Waals surface area contributed by atoms with E-state index in [4.69, 9.17) is 0 Å². The van der Waals surface area contributed by atoms with Gasteiger partial charge in [0, 0.05) is 17.7 Å². The van der Waals surface area contributed by atoms with Crippen LogP contribution in [-0.2, 0) is 4.79 Å². The van der Waals surface area contributed by atoms with Crippen LogP contribution in [0.1, 0.15) is 35.7 Å². The molecule has 0 unspecified atom stereocenters. The predicted octanol–water partition coefficient (Wildman–Crippen LogP) is 1.40. The highest BCUT2D eigenvalue weighted by atomic mass is 32.1. The maximum atomic E-state index is 11.0. The molecule has 0 radical (unpaired) electrons. The largest absolute Gasteiger partial charge is 0.396 e. The van der Waals surface area contributed by atoms with E-state index in [1.807, 2.05) is 11.4 Å². The molecule has 0 saturated carbocycles. The van der Waals surface area contributed by atoms with Crippen molar-refractivity contribution >= 4 is 17.2 Å². The summed E-state index contributed by atoms with van der Waals surface area (Å²) in [4.78, 5) is 12.2. The zero-order valence-corrected chi connectivity index (χ0v) is 8.80. The zero-order chi connectivity index (χ0) is 10.1. The van der Waals surface area contributed by atoms with Gasteiger partial charge < -0.3 is 10.4 Å². The van der Waals surface area contributed by atoms with Crippen LogP contribution in [0, 0.1) is 0 Å². The van der Waals surface area contributed by atoms with E-state index in [1.54, 1.807) is 11.3 Å². The zero-order valence-electron chi connectivity index (χ0n) is 7.99. The molecule has 1 heterocycles. The average molecular weight is 211 g/mol. The van der Waals surface area contributed by atoms with E-state index in [9.17, 15) is 9.90 Å². The lowest BCUT2D eigenvalue weighted by molar-refractivity contribution is -0.119. The molecule has 1 amide bonds. The maximum Gasteiger partial charge on any atom is 0.217 e. The number of thiophene rings is 1. The SMILES string of the molecule is CC(=O)N[C@@H]1C[C@H](CO)c2sccc21. The summed E-state index contributed by atoms with van der Waals surface area (Å²) in [7, 11) is 0. The number of carbonyl (C=O) groups is 1. The van der Waals surface area contributed by atoms with Crippen molar-refractivity contribution in [3.63, 3.8) is 0 Å². The molecule has 0 aromatic carbocycles. The molecule has 0 saturated heterocycles. The summed E-state index contributed by atoms with van der Waals surface area (Å²) in [6.07, 6.45) is 0.831. The average Bonchev–Trinajstić information content (AvgIpc) is 2.67. The minimum Gasteiger partial charge on any atom is -0.396 e. The second-order valence-corrected chi connectivity index (χ2v) is 4.56. The number of fused-ring (bicyclic) bond motifs is 1. The fraction of sp³-hybridized carbons (Fsp3) is 0.500. The summed E-state index contributed by atoms with van der Waals surface area (Å²) in [6.45, 7) is 1.70. The smallest absolute Gasteiger partial charge is 0.217 e. The number of aliphatic hydroxyl groups is 1. The van der Waals surface area contributed by atoms with Crippen LogP contribution in [0.25, 0.3) is 0 Å². The van der Waals surface area contributed by atoms with E-state index in [0.29, 0.717) is 0 Å². The number of amides is 1. The lowest BCUT2D eigenvalue weighted by Gasteiger charge is -2.11. The summed E-state index contributed by atoms with van der Waals surface area (Å²) in [6, 6.07) is 2.14. The minimum atomic E-state index is -0.00857. The van der Waals surface area contributed by atoms with E-state index >= 15 is 0 Å². The Kier molecular flexibility index (Phi) is 2.56. The van der Waals surface area contributed by atoms with Crippen LogP contribution in [0.3, 0.4) is 0 Å². The van der Waals surface area contributed by atoms with Crippen LogP contribution in [-0.4, -0.2) is 17.6 Å². The Labute approximate surface area is 86.8 Å². The molecule has 4 heteroatoms. The van der Waals surface area contributed by atoms with Gasteiger partial charge in [0.25, 0.3) is 0 Å². The van der Waals surface area contributed by atoms with Crippen molar-refractivity contribution < 1.29 is 9.90 Å². The molecule has 1 aromatic rings. The summed E-state index contributed by atoms with van der Waals surface area (Å²) in [5.74, 6) is 0.201. The lowest BCUT2D eigenvalue weighted by atomic mass is 10.1. The molecule has 14 heavy (non-hydrogen) atoms. The molecule has 0 spiro atoms. The Morgan fingerprint density at radius 3 is 3.21 bits per heavy atom. The second kappa shape index (κ2) is 3.71. The Morgan fingerprint density at radius 2 is 2.57 bits per heavy atom. The molecule has 0 bridgehead atoms. The summed E-state index contributed by atoms with van der Waals surface area (Å²) >= 11 is 1.66. The van der Waals surface area contributed by atoms with Crippen molar-refractivity contribution in [3.05, 3.63) is 21.9 Å². The van der Waals surface area contributed by atoms with Gasteiger partial charge in [0.2, 0.25) is 5.91 Å². The molecule has 1 aliphatic rings. The molecule has 0 fully saturated rings. The van der Waals surface area contributed by atoms with Crippen molar-refractivity contribution in [1.29, 1.82) is 0 Å². The minimum absolute atomic E-state index is 0.00857. The van der Waals surface area contributed by atoms with Gasteiger partial charge in [-0.3, -0.25) is 4.79 Å².